The number of imidazole rings is 1. The predicted molar refractivity (Wildman–Crippen MR) is 123 cm³/mol. The molecule has 0 aromatic carbocycles. The fourth-order valence-corrected chi connectivity index (χ4v) is 4.71. The van der Waals surface area contributed by atoms with Gasteiger partial charge in [0.15, 0.2) is 11.7 Å². The third-order valence-corrected chi connectivity index (χ3v) is 6.63. The molecule has 190 valence electrons. The molecule has 0 spiro atoms. The van der Waals surface area contributed by atoms with E-state index in [2.05, 4.69) is 9.97 Å². The van der Waals surface area contributed by atoms with Crippen molar-refractivity contribution in [1.82, 2.24) is 28.9 Å². The van der Waals surface area contributed by atoms with Crippen molar-refractivity contribution in [3.8, 4) is 0 Å². The second kappa shape index (κ2) is 9.92. The molecule has 2 amide bonds. The van der Waals surface area contributed by atoms with Gasteiger partial charge in [0.1, 0.15) is 17.9 Å². The van der Waals surface area contributed by atoms with E-state index in [0.29, 0.717) is 56.7 Å². The first-order valence-corrected chi connectivity index (χ1v) is 11.8. The first-order chi connectivity index (χ1) is 16.7. The largest absolute Gasteiger partial charge is 0.464 e. The number of carbonyl (C=O) groups is 3. The van der Waals surface area contributed by atoms with Crippen LogP contribution in [-0.2, 0) is 39.6 Å². The number of nitrogens with zero attached hydrogens (tertiary/aromatic N) is 5. The molecule has 13 nitrogen and oxygen atoms in total. The van der Waals surface area contributed by atoms with Gasteiger partial charge in [0, 0.05) is 46.1 Å². The summed E-state index contributed by atoms with van der Waals surface area (Å²) in [5.74, 6) is 0.0662. The number of nitrogens with one attached hydrogen (secondary N) is 1. The molecule has 2 aliphatic rings. The average Bonchev–Trinajstić information content (AvgIpc) is 3.45. The van der Waals surface area contributed by atoms with E-state index < -0.39 is 29.4 Å². The zero-order valence-corrected chi connectivity index (χ0v) is 20.1. The van der Waals surface area contributed by atoms with Gasteiger partial charge in [-0.05, 0) is 26.2 Å². The third kappa shape index (κ3) is 4.66. The van der Waals surface area contributed by atoms with Gasteiger partial charge in [0.25, 0.3) is 5.56 Å². The first-order valence-electron chi connectivity index (χ1n) is 11.8. The molecule has 0 saturated carbocycles. The summed E-state index contributed by atoms with van der Waals surface area (Å²) >= 11 is 0. The highest BCUT2D eigenvalue weighted by molar-refractivity contribution is 5.84. The molecular weight excluding hydrogens is 460 g/mol. The van der Waals surface area contributed by atoms with Crippen LogP contribution in [0.25, 0.3) is 11.2 Å². The van der Waals surface area contributed by atoms with E-state index in [0.717, 1.165) is 4.57 Å². The monoisotopic (exact) mass is 490 g/mol. The van der Waals surface area contributed by atoms with Gasteiger partial charge in [-0.3, -0.25) is 23.6 Å². The number of piperidine rings is 1. The van der Waals surface area contributed by atoms with Gasteiger partial charge in [-0.1, -0.05) is 0 Å². The molecule has 4 heterocycles. The molecular formula is C22H30N6O7. The van der Waals surface area contributed by atoms with Gasteiger partial charge in [0.2, 0.25) is 5.91 Å². The number of aryl methyl sites for hydroxylation is 2. The van der Waals surface area contributed by atoms with E-state index in [1.165, 1.54) is 16.5 Å². The van der Waals surface area contributed by atoms with Crippen molar-refractivity contribution in [2.45, 2.75) is 51.1 Å². The second-order valence-corrected chi connectivity index (χ2v) is 8.81. The summed E-state index contributed by atoms with van der Waals surface area (Å²) in [4.78, 5) is 72.0. The lowest BCUT2D eigenvalue weighted by Crippen LogP contribution is -2.52. The maximum absolute atomic E-state index is 12.7. The summed E-state index contributed by atoms with van der Waals surface area (Å²) in [5, 5.41) is 0. The van der Waals surface area contributed by atoms with Crippen LogP contribution in [0.3, 0.4) is 0 Å². The van der Waals surface area contributed by atoms with Gasteiger partial charge in [-0.25, -0.2) is 19.4 Å². The lowest BCUT2D eigenvalue weighted by molar-refractivity contribution is -0.149. The number of fused-ring (bicyclic) bond motifs is 1. The number of rotatable bonds is 7. The van der Waals surface area contributed by atoms with E-state index in [4.69, 9.17) is 9.47 Å². The Morgan fingerprint density at radius 3 is 2.54 bits per heavy atom. The van der Waals surface area contributed by atoms with Crippen molar-refractivity contribution in [3.63, 3.8) is 0 Å². The molecule has 1 atom stereocenters. The van der Waals surface area contributed by atoms with Gasteiger partial charge >= 0.3 is 17.8 Å². The van der Waals surface area contributed by atoms with Crippen LogP contribution in [0.15, 0.2) is 9.59 Å². The van der Waals surface area contributed by atoms with Crippen LogP contribution in [0, 0.1) is 0 Å². The van der Waals surface area contributed by atoms with Crippen molar-refractivity contribution >= 4 is 29.1 Å². The molecule has 0 aliphatic carbocycles. The van der Waals surface area contributed by atoms with Gasteiger partial charge in [-0.15, -0.1) is 0 Å². The summed E-state index contributed by atoms with van der Waals surface area (Å²) in [6.45, 7) is 2.88. The molecule has 2 aliphatic heterocycles. The molecule has 0 radical (unpaired) electrons. The van der Waals surface area contributed by atoms with Crippen LogP contribution in [0.1, 0.15) is 38.4 Å². The number of cyclic esters (lactones) is 1. The Bertz CT molecular complexity index is 1250. The van der Waals surface area contributed by atoms with Crippen molar-refractivity contribution in [1.29, 1.82) is 0 Å². The highest BCUT2D eigenvalue weighted by atomic mass is 16.6. The molecule has 13 heteroatoms. The Balaban J connectivity index is 1.30. The highest BCUT2D eigenvalue weighted by Gasteiger charge is 2.44. The number of ether oxygens (including phenoxy) is 2. The fourth-order valence-electron chi connectivity index (χ4n) is 4.71. The SMILES string of the molecule is CCOC(=O)C1COC(=O)N1C1CCN(C(=O)CCCc2nc3c([nH]2)c(=O)n(C)c(=O)n3C)CC1. The Morgan fingerprint density at radius 2 is 1.86 bits per heavy atom. The number of carbonyl (C=O) groups excluding carboxylic acids is 3. The Labute approximate surface area is 200 Å². The van der Waals surface area contributed by atoms with E-state index in [-0.39, 0.29) is 30.7 Å². The van der Waals surface area contributed by atoms with Gasteiger partial charge in [0.05, 0.1) is 6.61 Å². The molecule has 1 N–H and O–H groups in total. The lowest BCUT2D eigenvalue weighted by atomic mass is 10.0. The molecule has 4 rings (SSSR count). The molecule has 0 bridgehead atoms. The molecule has 2 saturated heterocycles. The number of H-pyrrole nitrogens is 1. The number of hydrogen-bond donors (Lipinski definition) is 1. The number of aromatic nitrogens is 4. The Kier molecular flexibility index (Phi) is 6.94. The average molecular weight is 491 g/mol. The lowest BCUT2D eigenvalue weighted by Gasteiger charge is -2.37. The third-order valence-electron chi connectivity index (χ3n) is 6.63. The molecule has 1 unspecified atom stereocenters. The maximum Gasteiger partial charge on any atom is 0.410 e. The Morgan fingerprint density at radius 1 is 1.14 bits per heavy atom. The van der Waals surface area contributed by atoms with E-state index in [1.807, 2.05) is 0 Å². The zero-order valence-electron chi connectivity index (χ0n) is 20.1. The normalized spacial score (nSPS) is 18.8. The number of aromatic amines is 1. The summed E-state index contributed by atoms with van der Waals surface area (Å²) in [5.41, 5.74) is -0.328. The minimum atomic E-state index is -0.741. The number of likely N-dealkylation sites (tertiary alicyclic amines) is 1. The first kappa shape index (κ1) is 24.5. The van der Waals surface area contributed by atoms with Crippen molar-refractivity contribution in [2.24, 2.45) is 14.1 Å². The predicted octanol–water partition coefficient (Wildman–Crippen LogP) is -0.342. The van der Waals surface area contributed by atoms with Crippen LogP contribution in [0.2, 0.25) is 0 Å². The second-order valence-electron chi connectivity index (χ2n) is 8.81. The smallest absolute Gasteiger partial charge is 0.410 e. The topological polar surface area (TPSA) is 149 Å². The minimum absolute atomic E-state index is 0.00573. The number of esters is 1. The van der Waals surface area contributed by atoms with Crippen LogP contribution < -0.4 is 11.2 Å². The van der Waals surface area contributed by atoms with Crippen molar-refractivity contribution in [2.75, 3.05) is 26.3 Å². The highest BCUT2D eigenvalue weighted by Crippen LogP contribution is 2.25. The van der Waals surface area contributed by atoms with Crippen LogP contribution in [-0.4, -0.2) is 85.3 Å². The Hall–Kier alpha value is -3.64. The van der Waals surface area contributed by atoms with E-state index in [9.17, 15) is 24.0 Å². The quantitative estimate of drug-likeness (QED) is 0.518. The molecule has 2 aromatic rings. The zero-order chi connectivity index (χ0) is 25.3. The van der Waals surface area contributed by atoms with Gasteiger partial charge < -0.3 is 19.4 Å². The minimum Gasteiger partial charge on any atom is -0.464 e. The molecule has 35 heavy (non-hydrogen) atoms. The van der Waals surface area contributed by atoms with Crippen molar-refractivity contribution < 1.29 is 23.9 Å². The van der Waals surface area contributed by atoms with Crippen LogP contribution >= 0.6 is 0 Å². The number of amides is 2. The van der Waals surface area contributed by atoms with Crippen LogP contribution in [0.5, 0.6) is 0 Å². The van der Waals surface area contributed by atoms with E-state index in [1.54, 1.807) is 18.9 Å². The molecule has 2 aromatic heterocycles. The summed E-state index contributed by atoms with van der Waals surface area (Å²) in [7, 11) is 2.97. The van der Waals surface area contributed by atoms with Crippen LogP contribution in [0.4, 0.5) is 4.79 Å². The summed E-state index contributed by atoms with van der Waals surface area (Å²) in [6.07, 6.45) is 1.86. The number of hydrogen-bond acceptors (Lipinski definition) is 8. The van der Waals surface area contributed by atoms with E-state index >= 15 is 0 Å². The summed E-state index contributed by atoms with van der Waals surface area (Å²) < 4.78 is 12.5. The maximum atomic E-state index is 12.7. The van der Waals surface area contributed by atoms with Crippen molar-refractivity contribution in [3.05, 3.63) is 26.7 Å². The summed E-state index contributed by atoms with van der Waals surface area (Å²) in [6, 6.07) is -0.928. The fraction of sp³-hybridized carbons (Fsp3) is 0.636. The van der Waals surface area contributed by atoms with Gasteiger partial charge in [-0.2, -0.15) is 0 Å². The molecule has 2 fully saturated rings. The standard InChI is InChI=1S/C22H30N6O7/c1-4-34-20(31)14-12-35-22(33)28(14)13-8-10-27(11-9-13)16(29)7-5-6-15-23-17-18(24-15)25(2)21(32)26(3)19(17)30/h13-14H,4-12H2,1-3H3,(H,23,24).